The molecule has 90 valence electrons. The maximum Gasteiger partial charge on any atom is 0.124 e. The highest BCUT2D eigenvalue weighted by Gasteiger charge is 2.06. The fraction of sp³-hybridized carbons (Fsp3) is 0.0714. The number of aromatic nitrogens is 2. The second-order valence-corrected chi connectivity index (χ2v) is 4.90. The first-order valence-corrected chi connectivity index (χ1v) is 6.63. The van der Waals surface area contributed by atoms with Crippen LogP contribution >= 0.6 is 11.3 Å². The van der Waals surface area contributed by atoms with E-state index < -0.39 is 0 Å². The minimum absolute atomic E-state index is 0.576. The Morgan fingerprint density at radius 1 is 1.11 bits per heavy atom. The van der Waals surface area contributed by atoms with E-state index in [9.17, 15) is 0 Å². The van der Waals surface area contributed by atoms with Crippen LogP contribution in [-0.4, -0.2) is 9.97 Å². The van der Waals surface area contributed by atoms with Crippen LogP contribution < -0.4 is 5.73 Å². The Kier molecular flexibility index (Phi) is 2.96. The maximum atomic E-state index is 5.59. The van der Waals surface area contributed by atoms with Crippen molar-refractivity contribution in [3.8, 4) is 21.8 Å². The third kappa shape index (κ3) is 2.08. The molecule has 0 atom stereocenters. The second kappa shape index (κ2) is 4.76. The van der Waals surface area contributed by atoms with Gasteiger partial charge in [-0.2, -0.15) is 0 Å². The Labute approximate surface area is 109 Å². The van der Waals surface area contributed by atoms with E-state index in [2.05, 4.69) is 27.5 Å². The number of nitrogens with one attached hydrogen (secondary N) is 1. The van der Waals surface area contributed by atoms with Crippen LogP contribution in [0.5, 0.6) is 0 Å². The molecule has 0 saturated heterocycles. The van der Waals surface area contributed by atoms with Crippen molar-refractivity contribution in [2.45, 2.75) is 6.54 Å². The molecule has 0 unspecified atom stereocenters. The number of aromatic amines is 1. The number of thiazole rings is 1. The predicted molar refractivity (Wildman–Crippen MR) is 75.2 cm³/mol. The van der Waals surface area contributed by atoms with Crippen molar-refractivity contribution in [2.75, 3.05) is 0 Å². The van der Waals surface area contributed by atoms with E-state index in [1.54, 1.807) is 11.3 Å². The molecule has 3 rings (SSSR count). The minimum Gasteiger partial charge on any atom is -0.367 e. The van der Waals surface area contributed by atoms with E-state index in [-0.39, 0.29) is 0 Å². The van der Waals surface area contributed by atoms with Gasteiger partial charge in [-0.3, -0.25) is 0 Å². The summed E-state index contributed by atoms with van der Waals surface area (Å²) in [6, 6.07) is 10.3. The predicted octanol–water partition coefficient (Wildman–Crippen LogP) is 3.26. The molecule has 3 N–H and O–H groups in total. The maximum absolute atomic E-state index is 5.59. The molecule has 0 amide bonds. The molecule has 0 aliphatic heterocycles. The van der Waals surface area contributed by atoms with Gasteiger partial charge in [-0.05, 0) is 11.6 Å². The molecule has 0 spiro atoms. The van der Waals surface area contributed by atoms with Crippen LogP contribution in [0.4, 0.5) is 0 Å². The molecule has 2 aromatic heterocycles. The summed E-state index contributed by atoms with van der Waals surface area (Å²) in [5.74, 6) is 0. The number of hydrogen-bond acceptors (Lipinski definition) is 3. The molecule has 0 fully saturated rings. The standard InChI is InChI=1S/C14H13N3S/c15-7-10-1-3-11(4-2-10)14-17-13(9-18-14)12-5-6-16-8-12/h1-6,8-9,16H,7,15H2. The third-order valence-corrected chi connectivity index (χ3v) is 3.73. The highest BCUT2D eigenvalue weighted by Crippen LogP contribution is 2.28. The average Bonchev–Trinajstić information content (AvgIpc) is 3.09. The monoisotopic (exact) mass is 255 g/mol. The van der Waals surface area contributed by atoms with E-state index in [1.165, 1.54) is 0 Å². The normalized spacial score (nSPS) is 10.7. The van der Waals surface area contributed by atoms with E-state index >= 15 is 0 Å². The number of nitrogens with two attached hydrogens (primary N) is 1. The minimum atomic E-state index is 0.576. The van der Waals surface area contributed by atoms with Gasteiger partial charge in [0.1, 0.15) is 5.01 Å². The van der Waals surface area contributed by atoms with Gasteiger partial charge in [0.2, 0.25) is 0 Å². The van der Waals surface area contributed by atoms with Crippen LogP contribution in [-0.2, 0) is 6.54 Å². The molecule has 4 heteroatoms. The molecule has 0 radical (unpaired) electrons. The van der Waals surface area contributed by atoms with Crippen LogP contribution in [0, 0.1) is 0 Å². The van der Waals surface area contributed by atoms with Gasteiger partial charge in [0.25, 0.3) is 0 Å². The van der Waals surface area contributed by atoms with E-state index in [0.29, 0.717) is 6.54 Å². The lowest BCUT2D eigenvalue weighted by Crippen LogP contribution is -1.95. The van der Waals surface area contributed by atoms with Gasteiger partial charge < -0.3 is 10.7 Å². The van der Waals surface area contributed by atoms with E-state index in [4.69, 9.17) is 5.73 Å². The van der Waals surface area contributed by atoms with Gasteiger partial charge in [0, 0.05) is 35.4 Å². The van der Waals surface area contributed by atoms with Crippen molar-refractivity contribution in [1.82, 2.24) is 9.97 Å². The van der Waals surface area contributed by atoms with Gasteiger partial charge in [0.15, 0.2) is 0 Å². The van der Waals surface area contributed by atoms with E-state index in [0.717, 1.165) is 27.4 Å². The zero-order valence-corrected chi connectivity index (χ0v) is 10.6. The summed E-state index contributed by atoms with van der Waals surface area (Å²) in [5.41, 5.74) is 10.0. The molecule has 18 heavy (non-hydrogen) atoms. The SMILES string of the molecule is NCc1ccc(-c2nc(-c3cc[nH]c3)cs2)cc1. The molecule has 3 aromatic rings. The largest absolute Gasteiger partial charge is 0.367 e. The number of H-pyrrole nitrogens is 1. The molecule has 0 aliphatic carbocycles. The molecule has 0 bridgehead atoms. The zero-order valence-electron chi connectivity index (χ0n) is 9.76. The lowest BCUT2D eigenvalue weighted by atomic mass is 10.1. The molecule has 2 heterocycles. The average molecular weight is 255 g/mol. The molecule has 0 aliphatic rings. The first-order valence-electron chi connectivity index (χ1n) is 5.75. The van der Waals surface area contributed by atoms with Crippen LogP contribution in [0.25, 0.3) is 21.8 Å². The van der Waals surface area contributed by atoms with E-state index in [1.807, 2.05) is 30.6 Å². The smallest absolute Gasteiger partial charge is 0.124 e. The van der Waals surface area contributed by atoms with Crippen molar-refractivity contribution in [3.05, 3.63) is 53.7 Å². The molecule has 0 saturated carbocycles. The Balaban J connectivity index is 1.92. The summed E-state index contributed by atoms with van der Waals surface area (Å²) >= 11 is 1.66. The lowest BCUT2D eigenvalue weighted by molar-refractivity contribution is 1.07. The molecular weight excluding hydrogens is 242 g/mol. The van der Waals surface area contributed by atoms with Crippen molar-refractivity contribution in [3.63, 3.8) is 0 Å². The van der Waals surface area contributed by atoms with Crippen LogP contribution in [0.15, 0.2) is 48.1 Å². The van der Waals surface area contributed by atoms with Gasteiger partial charge >= 0.3 is 0 Å². The fourth-order valence-corrected chi connectivity index (χ4v) is 2.64. The molecular formula is C14H13N3S. The zero-order chi connectivity index (χ0) is 12.4. The quantitative estimate of drug-likeness (QED) is 0.754. The van der Waals surface area contributed by atoms with Gasteiger partial charge in [-0.1, -0.05) is 24.3 Å². The Bertz CT molecular complexity index is 623. The number of rotatable bonds is 3. The van der Waals surface area contributed by atoms with Crippen LogP contribution in [0.2, 0.25) is 0 Å². The highest BCUT2D eigenvalue weighted by atomic mass is 32.1. The number of nitrogens with zero attached hydrogens (tertiary/aromatic N) is 1. The summed E-state index contributed by atoms with van der Waals surface area (Å²) in [6.07, 6.45) is 3.86. The van der Waals surface area contributed by atoms with Crippen molar-refractivity contribution in [1.29, 1.82) is 0 Å². The van der Waals surface area contributed by atoms with Crippen LogP contribution in [0.1, 0.15) is 5.56 Å². The first kappa shape index (κ1) is 11.2. The summed E-state index contributed by atoms with van der Waals surface area (Å²) in [4.78, 5) is 7.69. The molecule has 3 nitrogen and oxygen atoms in total. The third-order valence-electron chi connectivity index (χ3n) is 2.83. The van der Waals surface area contributed by atoms with Gasteiger partial charge in [0.05, 0.1) is 5.69 Å². The number of hydrogen-bond donors (Lipinski definition) is 2. The topological polar surface area (TPSA) is 54.7 Å². The van der Waals surface area contributed by atoms with Gasteiger partial charge in [-0.25, -0.2) is 4.98 Å². The summed E-state index contributed by atoms with van der Waals surface area (Å²) in [5, 5.41) is 3.12. The second-order valence-electron chi connectivity index (χ2n) is 4.04. The highest BCUT2D eigenvalue weighted by molar-refractivity contribution is 7.13. The molecule has 1 aromatic carbocycles. The fourth-order valence-electron chi connectivity index (χ4n) is 1.81. The van der Waals surface area contributed by atoms with Gasteiger partial charge in [-0.15, -0.1) is 11.3 Å². The van der Waals surface area contributed by atoms with Crippen molar-refractivity contribution in [2.24, 2.45) is 5.73 Å². The Morgan fingerprint density at radius 2 is 1.94 bits per heavy atom. The lowest BCUT2D eigenvalue weighted by Gasteiger charge is -1.98. The van der Waals surface area contributed by atoms with Crippen LogP contribution in [0.3, 0.4) is 0 Å². The first-order chi connectivity index (χ1) is 8.86. The Morgan fingerprint density at radius 3 is 2.61 bits per heavy atom. The summed E-state index contributed by atoms with van der Waals surface area (Å²) in [6.45, 7) is 0.576. The van der Waals surface area contributed by atoms with Crippen molar-refractivity contribution < 1.29 is 0 Å². The number of benzene rings is 1. The van der Waals surface area contributed by atoms with Crippen molar-refractivity contribution >= 4 is 11.3 Å². The Hall–Kier alpha value is -1.91. The summed E-state index contributed by atoms with van der Waals surface area (Å²) in [7, 11) is 0. The summed E-state index contributed by atoms with van der Waals surface area (Å²) < 4.78 is 0.